The smallest absolute Gasteiger partial charge is 0.229 e. The molecule has 0 unspecified atom stereocenters. The molecular weight excluding hydrogens is 454 g/mol. The quantitative estimate of drug-likeness (QED) is 0.490. The number of hydrogen-bond donors (Lipinski definition) is 3. The number of rotatable bonds is 6. The first-order valence-electron chi connectivity index (χ1n) is 7.59. The normalized spacial score (nSPS) is 10.6. The van der Waals surface area contributed by atoms with Crippen molar-refractivity contribution in [2.45, 2.75) is 0 Å². The van der Waals surface area contributed by atoms with Gasteiger partial charge in [0.1, 0.15) is 5.82 Å². The molecule has 0 saturated carbocycles. The zero-order valence-electron chi connectivity index (χ0n) is 14.2. The molecule has 3 N–H and O–H groups in total. The van der Waals surface area contributed by atoms with Crippen LogP contribution in [0.3, 0.4) is 0 Å². The Balaban J connectivity index is 0.00000261. The number of nitrogens with one attached hydrogen (secondary N) is 3. The van der Waals surface area contributed by atoms with Gasteiger partial charge in [-0.2, -0.15) is 4.98 Å². The van der Waals surface area contributed by atoms with Crippen LogP contribution in [0.5, 0.6) is 0 Å². The molecule has 0 bridgehead atoms. The summed E-state index contributed by atoms with van der Waals surface area (Å²) in [5.41, 5.74) is 1.86. The first kappa shape index (κ1) is 20.9. The molecule has 142 valence electrons. The largest absolute Gasteiger partial charge is 0.337 e. The molecule has 1 heterocycles. The Morgan fingerprint density at radius 1 is 0.926 bits per heavy atom. The fraction of sp³-hybridized carbons (Fsp3) is 0.0588. The lowest BCUT2D eigenvalue weighted by atomic mass is 10.2. The fourth-order valence-electron chi connectivity index (χ4n) is 2.17. The third-order valence-electron chi connectivity index (χ3n) is 3.25. The van der Waals surface area contributed by atoms with Crippen LogP contribution in [-0.2, 0) is 10.0 Å². The minimum atomic E-state index is -3.40. The summed E-state index contributed by atoms with van der Waals surface area (Å²) >= 11 is 3.41. The van der Waals surface area contributed by atoms with Crippen LogP contribution in [0.4, 0.5) is 28.8 Å². The van der Waals surface area contributed by atoms with Gasteiger partial charge in [-0.25, -0.2) is 13.4 Å². The van der Waals surface area contributed by atoms with Gasteiger partial charge in [0.05, 0.1) is 22.1 Å². The third-order valence-corrected chi connectivity index (χ3v) is 4.42. The fourth-order valence-corrected chi connectivity index (χ4v) is 3.04. The zero-order chi connectivity index (χ0) is 18.6. The van der Waals surface area contributed by atoms with Crippen molar-refractivity contribution >= 4 is 67.2 Å². The van der Waals surface area contributed by atoms with E-state index in [4.69, 9.17) is 0 Å². The summed E-state index contributed by atoms with van der Waals surface area (Å²) in [4.78, 5) is 8.68. The highest BCUT2D eigenvalue weighted by atomic mass is 79.9. The second-order valence-corrected chi connectivity index (χ2v) is 8.03. The van der Waals surface area contributed by atoms with Gasteiger partial charge in [-0.3, -0.25) is 4.72 Å². The summed E-state index contributed by atoms with van der Waals surface area (Å²) in [7, 11) is -3.40. The van der Waals surface area contributed by atoms with E-state index in [2.05, 4.69) is 41.3 Å². The minimum absolute atomic E-state index is 0. The molecule has 10 heteroatoms. The number of anilines is 5. The van der Waals surface area contributed by atoms with Gasteiger partial charge in [0.25, 0.3) is 0 Å². The zero-order valence-corrected chi connectivity index (χ0v) is 17.4. The average molecular weight is 471 g/mol. The van der Waals surface area contributed by atoms with Crippen molar-refractivity contribution in [3.63, 3.8) is 0 Å². The van der Waals surface area contributed by atoms with Crippen molar-refractivity contribution in [2.75, 3.05) is 21.6 Å². The molecule has 7 nitrogen and oxygen atoms in total. The van der Waals surface area contributed by atoms with Gasteiger partial charge in [0.15, 0.2) is 0 Å². The molecule has 0 atom stereocenters. The van der Waals surface area contributed by atoms with E-state index in [1.54, 1.807) is 30.5 Å². The van der Waals surface area contributed by atoms with E-state index in [9.17, 15) is 8.42 Å². The lowest BCUT2D eigenvalue weighted by molar-refractivity contribution is 0.607. The summed E-state index contributed by atoms with van der Waals surface area (Å²) < 4.78 is 26.2. The Kier molecular flexibility index (Phi) is 7.00. The number of nitrogens with zero attached hydrogens (tertiary/aromatic N) is 2. The molecule has 0 aliphatic rings. The van der Waals surface area contributed by atoms with Crippen molar-refractivity contribution in [1.82, 2.24) is 9.97 Å². The van der Waals surface area contributed by atoms with Crippen molar-refractivity contribution in [2.24, 2.45) is 0 Å². The predicted molar refractivity (Wildman–Crippen MR) is 115 cm³/mol. The Labute approximate surface area is 172 Å². The molecule has 0 saturated heterocycles. The van der Waals surface area contributed by atoms with Crippen LogP contribution in [0.15, 0.2) is 65.3 Å². The molecule has 0 aliphatic carbocycles. The maximum Gasteiger partial charge on any atom is 0.229 e. The van der Waals surface area contributed by atoms with Crippen LogP contribution in [0.25, 0.3) is 0 Å². The maximum atomic E-state index is 11.5. The second kappa shape index (κ2) is 9.03. The molecule has 2 aromatic carbocycles. The maximum absolute atomic E-state index is 11.5. The van der Waals surface area contributed by atoms with E-state index in [-0.39, 0.29) is 12.4 Å². The number of halogens is 2. The van der Waals surface area contributed by atoms with Crippen molar-refractivity contribution in [3.05, 3.63) is 65.3 Å². The van der Waals surface area contributed by atoms with Crippen LogP contribution in [0, 0.1) is 0 Å². The molecule has 0 aliphatic heterocycles. The third kappa shape index (κ3) is 6.09. The topological polar surface area (TPSA) is 96.0 Å². The Morgan fingerprint density at radius 2 is 1.56 bits per heavy atom. The molecular formula is C17H17BrClN5O2S. The van der Waals surface area contributed by atoms with E-state index >= 15 is 0 Å². The monoisotopic (exact) mass is 469 g/mol. The van der Waals surface area contributed by atoms with E-state index in [1.807, 2.05) is 30.3 Å². The van der Waals surface area contributed by atoms with E-state index in [1.165, 1.54) is 0 Å². The molecule has 3 aromatic rings. The van der Waals surface area contributed by atoms with Gasteiger partial charge in [-0.15, -0.1) is 12.4 Å². The predicted octanol–water partition coefficient (Wildman–Crippen LogP) is 4.52. The Hall–Kier alpha value is -2.36. The number of sulfonamides is 1. The highest BCUT2D eigenvalue weighted by molar-refractivity contribution is 9.10. The molecule has 1 aromatic heterocycles. The highest BCUT2D eigenvalue weighted by Crippen LogP contribution is 2.29. The molecule has 0 radical (unpaired) electrons. The summed E-state index contributed by atoms with van der Waals surface area (Å²) in [5, 5.41) is 6.24. The van der Waals surface area contributed by atoms with Gasteiger partial charge >= 0.3 is 0 Å². The van der Waals surface area contributed by atoms with E-state index in [0.717, 1.165) is 11.9 Å². The summed E-state index contributed by atoms with van der Waals surface area (Å²) in [5.74, 6) is 0.914. The minimum Gasteiger partial charge on any atom is -0.337 e. The number of aromatic nitrogens is 2. The average Bonchev–Trinajstić information content (AvgIpc) is 2.59. The van der Waals surface area contributed by atoms with Crippen LogP contribution in [-0.4, -0.2) is 24.6 Å². The number of benzene rings is 2. The summed E-state index contributed by atoms with van der Waals surface area (Å²) in [6.07, 6.45) is 2.72. The van der Waals surface area contributed by atoms with Crippen LogP contribution in [0.2, 0.25) is 0 Å². The van der Waals surface area contributed by atoms with Gasteiger partial charge in [0.2, 0.25) is 16.0 Å². The molecule has 27 heavy (non-hydrogen) atoms. The van der Waals surface area contributed by atoms with Gasteiger partial charge < -0.3 is 10.6 Å². The molecule has 0 spiro atoms. The van der Waals surface area contributed by atoms with E-state index in [0.29, 0.717) is 27.6 Å². The lowest BCUT2D eigenvalue weighted by Gasteiger charge is -2.14. The first-order chi connectivity index (χ1) is 12.4. The Morgan fingerprint density at radius 3 is 2.22 bits per heavy atom. The standard InChI is InChI=1S/C17H16BrN5O2S.ClH/c1-26(24,25)23-15-10-6-5-9-14(15)21-16-13(18)11-19-17(22-16)20-12-7-3-2-4-8-12;/h2-11,23H,1H3,(H2,19,20,21,22);1H. The van der Waals surface area contributed by atoms with Crippen LogP contribution < -0.4 is 15.4 Å². The first-order valence-corrected chi connectivity index (χ1v) is 10.3. The number of para-hydroxylation sites is 3. The summed E-state index contributed by atoms with van der Waals surface area (Å²) in [6, 6.07) is 16.5. The second-order valence-electron chi connectivity index (χ2n) is 5.43. The van der Waals surface area contributed by atoms with Gasteiger partial charge in [-0.1, -0.05) is 30.3 Å². The molecule has 0 fully saturated rings. The SMILES string of the molecule is CS(=O)(=O)Nc1ccccc1Nc1nc(Nc2ccccc2)ncc1Br.Cl. The lowest BCUT2D eigenvalue weighted by Crippen LogP contribution is -2.11. The van der Waals surface area contributed by atoms with Gasteiger partial charge in [0, 0.05) is 11.9 Å². The number of hydrogen-bond acceptors (Lipinski definition) is 6. The van der Waals surface area contributed by atoms with Crippen molar-refractivity contribution in [1.29, 1.82) is 0 Å². The van der Waals surface area contributed by atoms with Crippen molar-refractivity contribution < 1.29 is 8.42 Å². The van der Waals surface area contributed by atoms with E-state index < -0.39 is 10.0 Å². The van der Waals surface area contributed by atoms with Crippen molar-refractivity contribution in [3.8, 4) is 0 Å². The molecule has 3 rings (SSSR count). The molecule has 0 amide bonds. The van der Waals surface area contributed by atoms with Crippen LogP contribution >= 0.6 is 28.3 Å². The van der Waals surface area contributed by atoms with Gasteiger partial charge in [-0.05, 0) is 40.2 Å². The Bertz CT molecular complexity index is 1020. The van der Waals surface area contributed by atoms with Crippen LogP contribution in [0.1, 0.15) is 0 Å². The highest BCUT2D eigenvalue weighted by Gasteiger charge is 2.11. The summed E-state index contributed by atoms with van der Waals surface area (Å²) in [6.45, 7) is 0.